The summed E-state index contributed by atoms with van der Waals surface area (Å²) >= 11 is 0. The molecule has 34 heavy (non-hydrogen) atoms. The van der Waals surface area contributed by atoms with E-state index in [1.165, 1.54) is 12.1 Å². The number of sulfonamides is 1. The molecule has 3 heterocycles. The van der Waals surface area contributed by atoms with Gasteiger partial charge in [0.05, 0.1) is 4.90 Å². The van der Waals surface area contributed by atoms with Gasteiger partial charge in [-0.3, -0.25) is 14.5 Å². The number of piperazine rings is 1. The summed E-state index contributed by atoms with van der Waals surface area (Å²) in [5.41, 5.74) is 2.01. The fourth-order valence-electron chi connectivity index (χ4n) is 4.65. The molecule has 10 heteroatoms. The van der Waals surface area contributed by atoms with E-state index in [1.54, 1.807) is 17.0 Å². The van der Waals surface area contributed by atoms with E-state index in [0.29, 0.717) is 32.7 Å². The SMILES string of the molecule is Cc1ccc(S(=O)(=O)N2C(=O)CC[C@H]2C(=O)N2CCN(Cc3ccc4c(c3)OCO4)CC2)cc1. The zero-order valence-corrected chi connectivity index (χ0v) is 19.8. The van der Waals surface area contributed by atoms with Gasteiger partial charge in [-0.2, -0.15) is 0 Å². The van der Waals surface area contributed by atoms with Gasteiger partial charge < -0.3 is 14.4 Å². The van der Waals surface area contributed by atoms with Gasteiger partial charge in [-0.1, -0.05) is 23.8 Å². The van der Waals surface area contributed by atoms with Gasteiger partial charge in [-0.25, -0.2) is 12.7 Å². The number of fused-ring (bicyclic) bond motifs is 1. The average Bonchev–Trinajstić information content (AvgIpc) is 3.46. The van der Waals surface area contributed by atoms with Crippen LogP contribution < -0.4 is 9.47 Å². The number of ether oxygens (including phenoxy) is 2. The number of amides is 2. The summed E-state index contributed by atoms with van der Waals surface area (Å²) in [6.45, 7) is 5.08. The molecule has 180 valence electrons. The second-order valence-corrected chi connectivity index (χ2v) is 10.7. The van der Waals surface area contributed by atoms with Gasteiger partial charge in [0.15, 0.2) is 11.5 Å². The van der Waals surface area contributed by atoms with Crippen molar-refractivity contribution in [2.24, 2.45) is 0 Å². The highest BCUT2D eigenvalue weighted by Crippen LogP contribution is 2.33. The van der Waals surface area contributed by atoms with Gasteiger partial charge in [-0.15, -0.1) is 0 Å². The van der Waals surface area contributed by atoms with Gasteiger partial charge in [0.25, 0.3) is 10.0 Å². The van der Waals surface area contributed by atoms with Gasteiger partial charge >= 0.3 is 0 Å². The number of carbonyl (C=O) groups excluding carboxylic acids is 2. The number of aryl methyl sites for hydroxylation is 1. The van der Waals surface area contributed by atoms with E-state index in [9.17, 15) is 18.0 Å². The highest BCUT2D eigenvalue weighted by Gasteiger charge is 2.45. The number of hydrogen-bond donors (Lipinski definition) is 0. The van der Waals surface area contributed by atoms with Gasteiger partial charge in [-0.05, 0) is 43.2 Å². The number of nitrogens with zero attached hydrogens (tertiary/aromatic N) is 3. The largest absolute Gasteiger partial charge is 0.454 e. The maximum Gasteiger partial charge on any atom is 0.267 e. The molecule has 0 radical (unpaired) electrons. The Labute approximate surface area is 198 Å². The standard InChI is InChI=1S/C24H27N3O6S/c1-17-2-5-19(6-3-17)34(30,31)27-20(7-9-23(27)28)24(29)26-12-10-25(11-13-26)15-18-4-8-21-22(14-18)33-16-32-21/h2-6,8,14,20H,7,9-13,15-16H2,1H3/t20-/m0/s1. The number of benzene rings is 2. The lowest BCUT2D eigenvalue weighted by Crippen LogP contribution is -2.54. The molecule has 2 fully saturated rings. The molecule has 1 atom stereocenters. The molecule has 2 saturated heterocycles. The molecule has 2 aromatic carbocycles. The van der Waals surface area contributed by atoms with Crippen molar-refractivity contribution < 1.29 is 27.5 Å². The Morgan fingerprint density at radius 2 is 1.71 bits per heavy atom. The zero-order chi connectivity index (χ0) is 23.9. The van der Waals surface area contributed by atoms with Crippen LogP contribution in [0, 0.1) is 6.92 Å². The minimum Gasteiger partial charge on any atom is -0.454 e. The van der Waals surface area contributed by atoms with Crippen molar-refractivity contribution in [1.29, 1.82) is 0 Å². The van der Waals surface area contributed by atoms with Crippen LogP contribution in [0.25, 0.3) is 0 Å². The van der Waals surface area contributed by atoms with E-state index < -0.39 is 22.0 Å². The van der Waals surface area contributed by atoms with E-state index in [1.807, 2.05) is 25.1 Å². The van der Waals surface area contributed by atoms with Gasteiger partial charge in [0.1, 0.15) is 6.04 Å². The van der Waals surface area contributed by atoms with Crippen LogP contribution in [0.4, 0.5) is 0 Å². The summed E-state index contributed by atoms with van der Waals surface area (Å²) < 4.78 is 38.0. The van der Waals surface area contributed by atoms with Crippen molar-refractivity contribution in [3.05, 3.63) is 53.6 Å². The van der Waals surface area contributed by atoms with Crippen LogP contribution in [-0.4, -0.2) is 73.4 Å². The van der Waals surface area contributed by atoms with Gasteiger partial charge in [0, 0.05) is 39.1 Å². The Hall–Kier alpha value is -3.11. The second kappa shape index (κ2) is 8.92. The summed E-state index contributed by atoms with van der Waals surface area (Å²) in [6.07, 6.45) is 0.256. The van der Waals surface area contributed by atoms with Crippen LogP contribution in [0.2, 0.25) is 0 Å². The molecule has 2 amide bonds. The third-order valence-electron chi connectivity index (χ3n) is 6.55. The van der Waals surface area contributed by atoms with Crippen LogP contribution in [0.15, 0.2) is 47.4 Å². The Morgan fingerprint density at radius 1 is 1.00 bits per heavy atom. The smallest absolute Gasteiger partial charge is 0.267 e. The van der Waals surface area contributed by atoms with Crippen molar-refractivity contribution in [2.45, 2.75) is 37.2 Å². The molecule has 2 aromatic rings. The minimum atomic E-state index is -4.09. The Bertz CT molecular complexity index is 1210. The van der Waals surface area contributed by atoms with E-state index in [-0.39, 0.29) is 30.4 Å². The fraction of sp³-hybridized carbons (Fsp3) is 0.417. The molecular formula is C24H27N3O6S. The Balaban J connectivity index is 1.24. The molecular weight excluding hydrogens is 458 g/mol. The van der Waals surface area contributed by atoms with Crippen molar-refractivity contribution in [2.75, 3.05) is 33.0 Å². The maximum absolute atomic E-state index is 13.3. The highest BCUT2D eigenvalue weighted by atomic mass is 32.2. The quantitative estimate of drug-likeness (QED) is 0.637. The van der Waals surface area contributed by atoms with Crippen molar-refractivity contribution in [3.8, 4) is 11.5 Å². The average molecular weight is 486 g/mol. The number of carbonyl (C=O) groups is 2. The first-order chi connectivity index (χ1) is 16.3. The van der Waals surface area contributed by atoms with E-state index in [0.717, 1.165) is 26.9 Å². The van der Waals surface area contributed by atoms with Crippen molar-refractivity contribution in [3.63, 3.8) is 0 Å². The van der Waals surface area contributed by atoms with E-state index >= 15 is 0 Å². The third kappa shape index (κ3) is 4.23. The van der Waals surface area contributed by atoms with Crippen LogP contribution in [0.3, 0.4) is 0 Å². The van der Waals surface area contributed by atoms with Crippen LogP contribution in [0.5, 0.6) is 11.5 Å². The molecule has 0 bridgehead atoms. The Kier molecular flexibility index (Phi) is 5.95. The monoisotopic (exact) mass is 485 g/mol. The van der Waals surface area contributed by atoms with E-state index in [4.69, 9.17) is 9.47 Å². The molecule has 3 aliphatic rings. The Morgan fingerprint density at radius 3 is 2.44 bits per heavy atom. The number of hydrogen-bond acceptors (Lipinski definition) is 7. The molecule has 0 aliphatic carbocycles. The molecule has 3 aliphatic heterocycles. The molecule has 9 nitrogen and oxygen atoms in total. The number of rotatable bonds is 5. The lowest BCUT2D eigenvalue weighted by molar-refractivity contribution is -0.139. The topological polar surface area (TPSA) is 96.5 Å². The summed E-state index contributed by atoms with van der Waals surface area (Å²) in [5, 5.41) is 0. The normalized spacial score (nSPS) is 20.7. The molecule has 0 unspecified atom stereocenters. The predicted molar refractivity (Wildman–Crippen MR) is 123 cm³/mol. The van der Waals surface area contributed by atoms with E-state index in [2.05, 4.69) is 4.90 Å². The lowest BCUT2D eigenvalue weighted by atomic mass is 10.1. The highest BCUT2D eigenvalue weighted by molar-refractivity contribution is 7.89. The van der Waals surface area contributed by atoms with Crippen LogP contribution in [0.1, 0.15) is 24.0 Å². The molecule has 0 N–H and O–H groups in total. The first-order valence-electron chi connectivity index (χ1n) is 11.4. The van der Waals surface area contributed by atoms with Crippen LogP contribution >= 0.6 is 0 Å². The lowest BCUT2D eigenvalue weighted by Gasteiger charge is -2.37. The first kappa shape index (κ1) is 22.7. The van der Waals surface area contributed by atoms with Crippen LogP contribution in [-0.2, 0) is 26.2 Å². The maximum atomic E-state index is 13.3. The van der Waals surface area contributed by atoms with Crippen molar-refractivity contribution in [1.82, 2.24) is 14.1 Å². The minimum absolute atomic E-state index is 0.0275. The predicted octanol–water partition coefficient (Wildman–Crippen LogP) is 1.75. The molecule has 0 spiro atoms. The van der Waals surface area contributed by atoms with Gasteiger partial charge in [0.2, 0.25) is 18.6 Å². The molecule has 0 saturated carbocycles. The second-order valence-electron chi connectivity index (χ2n) is 8.85. The summed E-state index contributed by atoms with van der Waals surface area (Å²) in [4.78, 5) is 29.8. The fourth-order valence-corrected chi connectivity index (χ4v) is 6.24. The summed E-state index contributed by atoms with van der Waals surface area (Å²) in [6, 6.07) is 11.2. The summed E-state index contributed by atoms with van der Waals surface area (Å²) in [7, 11) is -4.09. The van der Waals surface area contributed by atoms with Crippen molar-refractivity contribution >= 4 is 21.8 Å². The zero-order valence-electron chi connectivity index (χ0n) is 19.0. The molecule has 5 rings (SSSR count). The third-order valence-corrected chi connectivity index (χ3v) is 8.39. The first-order valence-corrected chi connectivity index (χ1v) is 12.8. The summed E-state index contributed by atoms with van der Waals surface area (Å²) in [5.74, 6) is 0.659. The molecule has 0 aromatic heterocycles.